The molecule has 1 amide bonds. The molecule has 0 aliphatic carbocycles. The Morgan fingerprint density at radius 2 is 2.06 bits per heavy atom. The minimum atomic E-state index is -0.0340. The molecule has 1 rings (SSSR count). The predicted molar refractivity (Wildman–Crippen MR) is 74.4 cm³/mol. The fourth-order valence-corrected chi connectivity index (χ4v) is 2.58. The normalized spacial score (nSPS) is 12.2. The van der Waals surface area contributed by atoms with Crippen LogP contribution in [-0.2, 0) is 4.79 Å². The van der Waals surface area contributed by atoms with Gasteiger partial charge in [0.05, 0.1) is 0 Å². The molecule has 1 aromatic carbocycles. The lowest BCUT2D eigenvalue weighted by Crippen LogP contribution is -2.05. The lowest BCUT2D eigenvalue weighted by Gasteiger charge is -2.07. The Kier molecular flexibility index (Phi) is 5.91. The van der Waals surface area contributed by atoms with Gasteiger partial charge in [-0.1, -0.05) is 22.9 Å². The summed E-state index contributed by atoms with van der Waals surface area (Å²) in [6.45, 7) is 3.73. The van der Waals surface area contributed by atoms with E-state index in [1.165, 1.54) is 11.8 Å². The predicted octanol–water partition coefficient (Wildman–Crippen LogP) is 3.77. The molecule has 1 unspecified atom stereocenters. The molecule has 0 aliphatic rings. The van der Waals surface area contributed by atoms with Gasteiger partial charge in [0.15, 0.2) is 0 Å². The van der Waals surface area contributed by atoms with Crippen LogP contribution in [-0.4, -0.2) is 17.0 Å². The van der Waals surface area contributed by atoms with E-state index in [0.29, 0.717) is 5.92 Å². The van der Waals surface area contributed by atoms with E-state index >= 15 is 0 Å². The van der Waals surface area contributed by atoms with Crippen molar-refractivity contribution in [2.45, 2.75) is 18.7 Å². The summed E-state index contributed by atoms with van der Waals surface area (Å²) in [5.74, 6) is 1.73. The van der Waals surface area contributed by atoms with Gasteiger partial charge < -0.3 is 5.32 Å². The maximum Gasteiger partial charge on any atom is 0.221 e. The first-order valence-corrected chi connectivity index (χ1v) is 7.29. The first-order chi connectivity index (χ1) is 7.61. The molecule has 4 heteroatoms. The number of thioether (sulfide) groups is 1. The van der Waals surface area contributed by atoms with Crippen LogP contribution in [0.3, 0.4) is 0 Å². The van der Waals surface area contributed by atoms with Crippen LogP contribution in [0.5, 0.6) is 0 Å². The zero-order valence-corrected chi connectivity index (χ0v) is 11.9. The first kappa shape index (κ1) is 13.6. The number of rotatable bonds is 5. The summed E-state index contributed by atoms with van der Waals surface area (Å²) in [5, 5.41) is 3.78. The summed E-state index contributed by atoms with van der Waals surface area (Å²) >= 11 is 5.30. The van der Waals surface area contributed by atoms with Crippen LogP contribution in [0.1, 0.15) is 13.8 Å². The molecule has 1 aromatic rings. The average Bonchev–Trinajstić information content (AvgIpc) is 2.27. The van der Waals surface area contributed by atoms with Crippen LogP contribution in [0.2, 0.25) is 0 Å². The monoisotopic (exact) mass is 301 g/mol. The molecule has 0 spiro atoms. The first-order valence-electron chi connectivity index (χ1n) is 5.18. The number of amides is 1. The van der Waals surface area contributed by atoms with Gasteiger partial charge in [-0.25, -0.2) is 0 Å². The number of alkyl halides is 1. The van der Waals surface area contributed by atoms with E-state index in [9.17, 15) is 4.79 Å². The Hall–Kier alpha value is -0.480. The lowest BCUT2D eigenvalue weighted by molar-refractivity contribution is -0.114. The second kappa shape index (κ2) is 6.97. The minimum absolute atomic E-state index is 0.0340. The van der Waals surface area contributed by atoms with Crippen molar-refractivity contribution in [3.8, 4) is 0 Å². The smallest absolute Gasteiger partial charge is 0.221 e. The van der Waals surface area contributed by atoms with Crippen molar-refractivity contribution >= 4 is 39.3 Å². The summed E-state index contributed by atoms with van der Waals surface area (Å²) in [7, 11) is 0. The number of nitrogens with one attached hydrogen (secondary N) is 1. The van der Waals surface area contributed by atoms with Crippen molar-refractivity contribution in [3.63, 3.8) is 0 Å². The van der Waals surface area contributed by atoms with Crippen LogP contribution < -0.4 is 5.32 Å². The second-order valence-electron chi connectivity index (χ2n) is 3.78. The van der Waals surface area contributed by atoms with Crippen LogP contribution in [0.25, 0.3) is 0 Å². The van der Waals surface area contributed by atoms with Crippen molar-refractivity contribution < 1.29 is 4.79 Å². The second-order valence-corrected chi connectivity index (χ2v) is 5.52. The highest BCUT2D eigenvalue weighted by atomic mass is 79.9. The Bertz CT molecular complexity index is 339. The molecule has 0 aliphatic heterocycles. The molecule has 1 atom stereocenters. The summed E-state index contributed by atoms with van der Waals surface area (Å²) in [6, 6.07) is 7.94. The van der Waals surface area contributed by atoms with Crippen molar-refractivity contribution in [2.24, 2.45) is 5.92 Å². The van der Waals surface area contributed by atoms with Gasteiger partial charge in [-0.3, -0.25) is 4.79 Å². The number of hydrogen-bond acceptors (Lipinski definition) is 2. The highest BCUT2D eigenvalue weighted by Gasteiger charge is 2.01. The molecule has 88 valence electrons. The van der Waals surface area contributed by atoms with E-state index in [1.807, 2.05) is 36.0 Å². The number of halogens is 1. The van der Waals surface area contributed by atoms with Crippen molar-refractivity contribution in [1.82, 2.24) is 0 Å². The highest BCUT2D eigenvalue weighted by molar-refractivity contribution is 9.09. The number of carbonyl (C=O) groups excluding carboxylic acids is 1. The van der Waals surface area contributed by atoms with E-state index in [2.05, 4.69) is 28.2 Å². The fraction of sp³-hybridized carbons (Fsp3) is 0.417. The zero-order chi connectivity index (χ0) is 12.0. The van der Waals surface area contributed by atoms with Gasteiger partial charge in [0.2, 0.25) is 5.91 Å². The SMILES string of the molecule is CC(=O)Nc1ccc(SCC(C)CBr)cc1. The maximum absolute atomic E-state index is 10.8. The van der Waals surface area contributed by atoms with Gasteiger partial charge in [0.25, 0.3) is 0 Å². The van der Waals surface area contributed by atoms with Crippen molar-refractivity contribution in [1.29, 1.82) is 0 Å². The molecular formula is C12H16BrNOS. The molecule has 0 saturated carbocycles. The summed E-state index contributed by atoms with van der Waals surface area (Å²) in [6.07, 6.45) is 0. The molecule has 0 saturated heterocycles. The third-order valence-corrected chi connectivity index (χ3v) is 4.42. The third-order valence-electron chi connectivity index (χ3n) is 1.97. The molecule has 0 fully saturated rings. The van der Waals surface area contributed by atoms with E-state index in [1.54, 1.807) is 0 Å². The minimum Gasteiger partial charge on any atom is -0.326 e. The molecular weight excluding hydrogens is 286 g/mol. The van der Waals surface area contributed by atoms with E-state index in [4.69, 9.17) is 0 Å². The molecule has 0 radical (unpaired) electrons. The van der Waals surface area contributed by atoms with Gasteiger partial charge in [-0.05, 0) is 30.2 Å². The van der Waals surface area contributed by atoms with Gasteiger partial charge in [-0.2, -0.15) is 0 Å². The Morgan fingerprint density at radius 3 is 2.56 bits per heavy atom. The number of benzene rings is 1. The quantitative estimate of drug-likeness (QED) is 0.662. The highest BCUT2D eigenvalue weighted by Crippen LogP contribution is 2.23. The largest absolute Gasteiger partial charge is 0.326 e. The third kappa shape index (κ3) is 5.03. The molecule has 16 heavy (non-hydrogen) atoms. The molecule has 0 heterocycles. The van der Waals surface area contributed by atoms with Gasteiger partial charge in [0, 0.05) is 28.6 Å². The van der Waals surface area contributed by atoms with E-state index in [0.717, 1.165) is 16.8 Å². The van der Waals surface area contributed by atoms with Crippen LogP contribution in [0.15, 0.2) is 29.2 Å². The molecule has 0 aromatic heterocycles. The molecule has 0 bridgehead atoms. The molecule has 2 nitrogen and oxygen atoms in total. The number of hydrogen-bond donors (Lipinski definition) is 1. The summed E-state index contributed by atoms with van der Waals surface area (Å²) in [4.78, 5) is 12.1. The topological polar surface area (TPSA) is 29.1 Å². The summed E-state index contributed by atoms with van der Waals surface area (Å²) < 4.78 is 0. The standard InChI is InChI=1S/C12H16BrNOS/c1-9(7-13)8-16-12-5-3-11(4-6-12)14-10(2)15/h3-6,9H,7-8H2,1-2H3,(H,14,15). The van der Waals surface area contributed by atoms with Crippen molar-refractivity contribution in [3.05, 3.63) is 24.3 Å². The maximum atomic E-state index is 10.8. The van der Waals surface area contributed by atoms with Crippen LogP contribution in [0, 0.1) is 5.92 Å². The van der Waals surface area contributed by atoms with E-state index < -0.39 is 0 Å². The Morgan fingerprint density at radius 1 is 1.44 bits per heavy atom. The average molecular weight is 302 g/mol. The Labute approximate surface area is 109 Å². The van der Waals surface area contributed by atoms with Crippen molar-refractivity contribution in [2.75, 3.05) is 16.4 Å². The van der Waals surface area contributed by atoms with Crippen LogP contribution >= 0.6 is 27.7 Å². The van der Waals surface area contributed by atoms with Crippen LogP contribution in [0.4, 0.5) is 5.69 Å². The van der Waals surface area contributed by atoms with Gasteiger partial charge in [-0.15, -0.1) is 11.8 Å². The number of anilines is 1. The molecule has 1 N–H and O–H groups in total. The summed E-state index contributed by atoms with van der Waals surface area (Å²) in [5.41, 5.74) is 0.852. The van der Waals surface area contributed by atoms with Gasteiger partial charge in [0.1, 0.15) is 0 Å². The van der Waals surface area contributed by atoms with E-state index in [-0.39, 0.29) is 5.91 Å². The Balaban J connectivity index is 2.48. The lowest BCUT2D eigenvalue weighted by atomic mass is 10.3. The zero-order valence-electron chi connectivity index (χ0n) is 9.50. The fourth-order valence-electron chi connectivity index (χ4n) is 1.12. The van der Waals surface area contributed by atoms with Gasteiger partial charge >= 0.3 is 0 Å². The number of carbonyl (C=O) groups is 1.